The minimum Gasteiger partial charge on any atom is -0.245 e. The second-order valence-electron chi connectivity index (χ2n) is 3.40. The molecule has 2 heterocycles. The predicted molar refractivity (Wildman–Crippen MR) is 70.5 cm³/mol. The van der Waals surface area contributed by atoms with Gasteiger partial charge in [0.05, 0.1) is 22.6 Å². The Morgan fingerprint density at radius 2 is 2.06 bits per heavy atom. The van der Waals surface area contributed by atoms with Crippen LogP contribution >= 0.6 is 23.1 Å². The summed E-state index contributed by atoms with van der Waals surface area (Å²) in [6.07, 6.45) is 3.06. The molecule has 0 saturated carbocycles. The highest BCUT2D eigenvalue weighted by Gasteiger charge is 2.06. The molecule has 0 fully saturated rings. The summed E-state index contributed by atoms with van der Waals surface area (Å²) in [4.78, 5) is 12.6. The molecule has 6 heteroatoms. The third kappa shape index (κ3) is 2.18. The Balaban J connectivity index is 1.89. The van der Waals surface area contributed by atoms with Gasteiger partial charge in [-0.15, -0.1) is 11.3 Å². The van der Waals surface area contributed by atoms with Crippen LogP contribution in [0.4, 0.5) is 0 Å². The van der Waals surface area contributed by atoms with Crippen LogP contribution in [0, 0.1) is 11.3 Å². The van der Waals surface area contributed by atoms with Crippen molar-refractivity contribution in [3.63, 3.8) is 0 Å². The van der Waals surface area contributed by atoms with E-state index >= 15 is 0 Å². The zero-order valence-electron chi connectivity index (χ0n) is 9.07. The number of fused-ring (bicyclic) bond motifs is 1. The van der Waals surface area contributed by atoms with Gasteiger partial charge in [0.2, 0.25) is 0 Å². The molecule has 1 aromatic carbocycles. The highest BCUT2D eigenvalue weighted by Crippen LogP contribution is 2.32. The van der Waals surface area contributed by atoms with E-state index in [9.17, 15) is 0 Å². The van der Waals surface area contributed by atoms with Gasteiger partial charge in [-0.2, -0.15) is 5.26 Å². The fourth-order valence-electron chi connectivity index (χ4n) is 1.41. The topological polar surface area (TPSA) is 62.5 Å². The normalized spacial score (nSPS) is 10.4. The lowest BCUT2D eigenvalue weighted by molar-refractivity contribution is 1.03. The Hall–Kier alpha value is -1.97. The van der Waals surface area contributed by atoms with Crippen LogP contribution < -0.4 is 0 Å². The highest BCUT2D eigenvalue weighted by molar-refractivity contribution is 8.01. The number of aromatic nitrogens is 3. The van der Waals surface area contributed by atoms with Gasteiger partial charge in [0.15, 0.2) is 10.0 Å². The van der Waals surface area contributed by atoms with E-state index in [-0.39, 0.29) is 0 Å². The van der Waals surface area contributed by atoms with Gasteiger partial charge in [-0.1, -0.05) is 12.1 Å². The summed E-state index contributed by atoms with van der Waals surface area (Å²) < 4.78 is 2.08. The average molecular weight is 270 g/mol. The smallest absolute Gasteiger partial charge is 0.158 e. The van der Waals surface area contributed by atoms with Gasteiger partial charge in [-0.05, 0) is 23.9 Å². The number of hydrogen-bond acceptors (Lipinski definition) is 6. The van der Waals surface area contributed by atoms with Gasteiger partial charge >= 0.3 is 0 Å². The second-order valence-corrected chi connectivity index (χ2v) is 5.70. The third-order valence-electron chi connectivity index (χ3n) is 2.21. The summed E-state index contributed by atoms with van der Waals surface area (Å²) in [6.45, 7) is 0. The first-order valence-electron chi connectivity index (χ1n) is 5.11. The van der Waals surface area contributed by atoms with E-state index in [0.29, 0.717) is 5.69 Å². The Morgan fingerprint density at radius 1 is 1.17 bits per heavy atom. The van der Waals surface area contributed by atoms with Crippen LogP contribution in [0.5, 0.6) is 0 Å². The van der Waals surface area contributed by atoms with E-state index in [1.807, 2.05) is 30.3 Å². The maximum absolute atomic E-state index is 8.64. The molecule has 0 atom stereocenters. The van der Waals surface area contributed by atoms with Gasteiger partial charge < -0.3 is 0 Å². The Bertz CT molecular complexity index is 695. The minimum absolute atomic E-state index is 0.323. The molecule has 0 spiro atoms. The minimum atomic E-state index is 0.323. The summed E-state index contributed by atoms with van der Waals surface area (Å²) >= 11 is 3.08. The number of nitriles is 1. The van der Waals surface area contributed by atoms with Crippen molar-refractivity contribution in [2.45, 2.75) is 9.37 Å². The number of thiazole rings is 1. The maximum Gasteiger partial charge on any atom is 0.158 e. The molecule has 3 aromatic rings. The molecule has 0 saturated heterocycles. The number of hydrogen-bond donors (Lipinski definition) is 0. The molecule has 0 radical (unpaired) electrons. The summed E-state index contributed by atoms with van der Waals surface area (Å²) in [5.74, 6) is 0. The highest BCUT2D eigenvalue weighted by atomic mass is 32.2. The standard InChI is InChI=1S/C12H6N4S2/c13-5-8-6-15-11(7-14-8)18-12-16-9-3-1-2-4-10(9)17-12/h1-4,6-7H. The van der Waals surface area contributed by atoms with Gasteiger partial charge in [0.1, 0.15) is 11.1 Å². The van der Waals surface area contributed by atoms with Crippen molar-refractivity contribution in [1.82, 2.24) is 15.0 Å². The summed E-state index contributed by atoms with van der Waals surface area (Å²) in [5, 5.41) is 9.39. The van der Waals surface area contributed by atoms with Crippen LogP contribution in [-0.2, 0) is 0 Å². The third-order valence-corrected chi connectivity index (χ3v) is 4.23. The molecule has 0 aliphatic rings. The quantitative estimate of drug-likeness (QED) is 0.716. The van der Waals surface area contributed by atoms with Crippen molar-refractivity contribution in [3.8, 4) is 6.07 Å². The van der Waals surface area contributed by atoms with Crippen molar-refractivity contribution >= 4 is 33.3 Å². The lowest BCUT2D eigenvalue weighted by Gasteiger charge is -1.94. The summed E-state index contributed by atoms with van der Waals surface area (Å²) in [6, 6.07) is 9.94. The largest absolute Gasteiger partial charge is 0.245 e. The lowest BCUT2D eigenvalue weighted by Crippen LogP contribution is -1.86. The predicted octanol–water partition coefficient (Wildman–Crippen LogP) is 3.11. The molecule has 0 bridgehead atoms. The Morgan fingerprint density at radius 3 is 2.78 bits per heavy atom. The van der Waals surface area contributed by atoms with Crippen molar-refractivity contribution in [2.24, 2.45) is 0 Å². The van der Waals surface area contributed by atoms with Crippen LogP contribution in [0.2, 0.25) is 0 Å². The molecule has 18 heavy (non-hydrogen) atoms. The molecular formula is C12H6N4S2. The number of rotatable bonds is 2. The fraction of sp³-hybridized carbons (Fsp3) is 0. The SMILES string of the molecule is N#Cc1cnc(Sc2nc3ccccc3s2)cn1. The fourth-order valence-corrected chi connectivity index (χ4v) is 3.33. The molecule has 0 aliphatic heterocycles. The van der Waals surface area contributed by atoms with Gasteiger partial charge in [-0.25, -0.2) is 15.0 Å². The zero-order chi connectivity index (χ0) is 12.4. The van der Waals surface area contributed by atoms with Crippen molar-refractivity contribution in [3.05, 3.63) is 42.4 Å². The summed E-state index contributed by atoms with van der Waals surface area (Å²) in [5.41, 5.74) is 1.32. The zero-order valence-corrected chi connectivity index (χ0v) is 10.7. The van der Waals surface area contributed by atoms with Crippen molar-refractivity contribution < 1.29 is 0 Å². The maximum atomic E-state index is 8.64. The van der Waals surface area contributed by atoms with Crippen LogP contribution in [0.1, 0.15) is 5.69 Å². The molecule has 0 amide bonds. The molecule has 0 N–H and O–H groups in total. The molecule has 3 rings (SSSR count). The number of para-hydroxylation sites is 1. The van der Waals surface area contributed by atoms with E-state index in [1.54, 1.807) is 17.5 Å². The van der Waals surface area contributed by atoms with Crippen molar-refractivity contribution in [1.29, 1.82) is 5.26 Å². The van der Waals surface area contributed by atoms with E-state index in [4.69, 9.17) is 5.26 Å². The average Bonchev–Trinajstić information content (AvgIpc) is 2.82. The van der Waals surface area contributed by atoms with Crippen LogP contribution in [0.25, 0.3) is 10.2 Å². The summed E-state index contributed by atoms with van der Waals surface area (Å²) in [7, 11) is 0. The van der Waals surface area contributed by atoms with E-state index in [0.717, 1.165) is 19.6 Å². The van der Waals surface area contributed by atoms with Crippen LogP contribution in [-0.4, -0.2) is 15.0 Å². The van der Waals surface area contributed by atoms with Crippen molar-refractivity contribution in [2.75, 3.05) is 0 Å². The van der Waals surface area contributed by atoms with Gasteiger partial charge in [-0.3, -0.25) is 0 Å². The number of nitrogens with zero attached hydrogens (tertiary/aromatic N) is 4. The lowest BCUT2D eigenvalue weighted by atomic mass is 10.3. The first-order chi connectivity index (χ1) is 8.85. The Labute approximate surface area is 111 Å². The van der Waals surface area contributed by atoms with Crippen LogP contribution in [0.3, 0.4) is 0 Å². The van der Waals surface area contributed by atoms with E-state index in [1.165, 1.54) is 18.0 Å². The molecule has 4 nitrogen and oxygen atoms in total. The molecule has 86 valence electrons. The Kier molecular flexibility index (Phi) is 2.92. The van der Waals surface area contributed by atoms with E-state index in [2.05, 4.69) is 15.0 Å². The molecule has 2 aromatic heterocycles. The molecule has 0 aliphatic carbocycles. The molecule has 0 unspecified atom stereocenters. The van der Waals surface area contributed by atoms with Crippen LogP contribution in [0.15, 0.2) is 46.0 Å². The first-order valence-corrected chi connectivity index (χ1v) is 6.74. The van der Waals surface area contributed by atoms with Gasteiger partial charge in [0.25, 0.3) is 0 Å². The van der Waals surface area contributed by atoms with E-state index < -0.39 is 0 Å². The first kappa shape index (κ1) is 11.1. The monoisotopic (exact) mass is 270 g/mol. The van der Waals surface area contributed by atoms with Gasteiger partial charge in [0, 0.05) is 0 Å². The second kappa shape index (κ2) is 4.72. The number of benzene rings is 1. The molecular weight excluding hydrogens is 264 g/mol.